The molecule has 7 heteroatoms. The zero-order valence-electron chi connectivity index (χ0n) is 16.2. The summed E-state index contributed by atoms with van der Waals surface area (Å²) >= 11 is 1.15. The molecule has 1 heterocycles. The molecule has 0 aliphatic carbocycles. The topological polar surface area (TPSA) is 64.0 Å². The highest BCUT2D eigenvalue weighted by molar-refractivity contribution is 7.99. The van der Waals surface area contributed by atoms with Crippen LogP contribution in [-0.2, 0) is 4.79 Å². The second-order valence-electron chi connectivity index (χ2n) is 7.57. The van der Waals surface area contributed by atoms with Gasteiger partial charge in [0.2, 0.25) is 5.91 Å². The van der Waals surface area contributed by atoms with Crippen molar-refractivity contribution >= 4 is 28.6 Å². The summed E-state index contributed by atoms with van der Waals surface area (Å²) in [7, 11) is 0. The fraction of sp³-hybridized carbons (Fsp3) is 0.286. The molecule has 3 rings (SSSR count). The number of halogens is 1. The molecule has 1 aromatic heterocycles. The number of aryl methyl sites for hydroxylation is 1. The van der Waals surface area contributed by atoms with Crippen LogP contribution in [0.4, 0.5) is 4.39 Å². The third kappa shape index (κ3) is 4.42. The van der Waals surface area contributed by atoms with Crippen molar-refractivity contribution in [1.29, 1.82) is 0 Å². The van der Waals surface area contributed by atoms with Gasteiger partial charge in [0.05, 0.1) is 22.3 Å². The number of hydrogen-bond acceptors (Lipinski definition) is 4. The molecule has 146 valence electrons. The van der Waals surface area contributed by atoms with Gasteiger partial charge in [0.1, 0.15) is 5.82 Å². The van der Waals surface area contributed by atoms with Crippen LogP contribution in [0.25, 0.3) is 16.6 Å². The first kappa shape index (κ1) is 20.1. The molecule has 1 amide bonds. The van der Waals surface area contributed by atoms with Crippen molar-refractivity contribution in [3.05, 3.63) is 64.2 Å². The lowest BCUT2D eigenvalue weighted by atomic mass is 10.1. The van der Waals surface area contributed by atoms with Gasteiger partial charge >= 0.3 is 0 Å². The van der Waals surface area contributed by atoms with Gasteiger partial charge in [0.15, 0.2) is 5.16 Å². The van der Waals surface area contributed by atoms with Crippen LogP contribution in [0.2, 0.25) is 0 Å². The zero-order chi connectivity index (χ0) is 20.5. The number of nitrogens with one attached hydrogen (secondary N) is 1. The Morgan fingerprint density at radius 1 is 1.21 bits per heavy atom. The van der Waals surface area contributed by atoms with Crippen molar-refractivity contribution < 1.29 is 9.18 Å². The van der Waals surface area contributed by atoms with Crippen molar-refractivity contribution in [2.45, 2.75) is 38.4 Å². The second kappa shape index (κ2) is 7.75. The van der Waals surface area contributed by atoms with Crippen molar-refractivity contribution in [2.75, 3.05) is 5.75 Å². The molecule has 0 atom stereocenters. The highest BCUT2D eigenvalue weighted by Gasteiger charge is 2.18. The van der Waals surface area contributed by atoms with Crippen LogP contribution in [-0.4, -0.2) is 26.8 Å². The highest BCUT2D eigenvalue weighted by Crippen LogP contribution is 2.22. The summed E-state index contributed by atoms with van der Waals surface area (Å²) in [4.78, 5) is 29.9. The largest absolute Gasteiger partial charge is 0.351 e. The molecule has 0 saturated carbocycles. The molecular weight excluding hydrogens is 377 g/mol. The van der Waals surface area contributed by atoms with Crippen LogP contribution in [0.3, 0.4) is 0 Å². The summed E-state index contributed by atoms with van der Waals surface area (Å²) in [5, 5.41) is 3.66. The van der Waals surface area contributed by atoms with E-state index in [1.807, 2.05) is 20.8 Å². The maximum Gasteiger partial charge on any atom is 0.266 e. The van der Waals surface area contributed by atoms with E-state index in [4.69, 9.17) is 0 Å². The maximum atomic E-state index is 14.1. The number of aromatic nitrogens is 2. The Kier molecular flexibility index (Phi) is 5.56. The fourth-order valence-corrected chi connectivity index (χ4v) is 3.55. The summed E-state index contributed by atoms with van der Waals surface area (Å²) in [5.74, 6) is -0.475. The highest BCUT2D eigenvalue weighted by atomic mass is 32.2. The van der Waals surface area contributed by atoms with Crippen LogP contribution in [0.15, 0.2) is 52.4 Å². The quantitative estimate of drug-likeness (QED) is 0.535. The van der Waals surface area contributed by atoms with Crippen LogP contribution >= 0.6 is 11.8 Å². The number of carbonyl (C=O) groups excluding carboxylic acids is 1. The zero-order valence-corrected chi connectivity index (χ0v) is 17.1. The molecule has 0 unspecified atom stereocenters. The Morgan fingerprint density at radius 2 is 1.93 bits per heavy atom. The van der Waals surface area contributed by atoms with Gasteiger partial charge in [-0.25, -0.2) is 9.37 Å². The Hall–Kier alpha value is -2.67. The monoisotopic (exact) mass is 399 g/mol. The Morgan fingerprint density at radius 3 is 2.61 bits per heavy atom. The van der Waals surface area contributed by atoms with Crippen LogP contribution < -0.4 is 10.9 Å². The third-order valence-corrected chi connectivity index (χ3v) is 4.94. The molecule has 0 aliphatic heterocycles. The Balaban J connectivity index is 2.08. The van der Waals surface area contributed by atoms with Crippen LogP contribution in [0, 0.1) is 12.7 Å². The van der Waals surface area contributed by atoms with E-state index in [1.54, 1.807) is 43.3 Å². The van der Waals surface area contributed by atoms with Gasteiger partial charge in [-0.1, -0.05) is 30.0 Å². The van der Waals surface area contributed by atoms with Gasteiger partial charge in [-0.3, -0.25) is 14.2 Å². The van der Waals surface area contributed by atoms with E-state index in [-0.39, 0.29) is 22.8 Å². The lowest BCUT2D eigenvalue weighted by Crippen LogP contribution is -2.41. The fourth-order valence-electron chi connectivity index (χ4n) is 2.74. The molecule has 0 saturated heterocycles. The standard InChI is InChI=1S/C21H22FN3O2S/c1-13-9-10-14(11-16(13)22)25-19(27)15-7-5-6-8-17(15)23-20(25)28-12-18(26)24-21(2,3)4/h5-11H,12H2,1-4H3,(H,24,26). The molecule has 1 N–H and O–H groups in total. The number of fused-ring (bicyclic) bond motifs is 1. The first-order valence-electron chi connectivity index (χ1n) is 8.88. The molecule has 0 fully saturated rings. The van der Waals surface area contributed by atoms with E-state index in [0.29, 0.717) is 27.3 Å². The Bertz CT molecular complexity index is 1100. The van der Waals surface area contributed by atoms with Crippen molar-refractivity contribution in [3.63, 3.8) is 0 Å². The number of hydrogen-bond donors (Lipinski definition) is 1. The summed E-state index contributed by atoms with van der Waals surface area (Å²) in [6.45, 7) is 7.35. The number of rotatable bonds is 4. The molecule has 0 aliphatic rings. The van der Waals surface area contributed by atoms with E-state index >= 15 is 0 Å². The first-order chi connectivity index (χ1) is 13.2. The van der Waals surface area contributed by atoms with Crippen molar-refractivity contribution in [2.24, 2.45) is 0 Å². The molecule has 28 heavy (non-hydrogen) atoms. The van der Waals surface area contributed by atoms with Gasteiger partial charge in [0, 0.05) is 5.54 Å². The minimum absolute atomic E-state index is 0.0936. The van der Waals surface area contributed by atoms with E-state index in [2.05, 4.69) is 10.3 Å². The number of thioether (sulfide) groups is 1. The van der Waals surface area contributed by atoms with Crippen LogP contribution in [0.5, 0.6) is 0 Å². The molecule has 0 radical (unpaired) electrons. The summed E-state index contributed by atoms with van der Waals surface area (Å²) < 4.78 is 15.5. The predicted octanol–water partition coefficient (Wildman–Crippen LogP) is 3.84. The molecule has 0 bridgehead atoms. The SMILES string of the molecule is Cc1ccc(-n2c(SCC(=O)NC(C)(C)C)nc3ccccc3c2=O)cc1F. The van der Waals surface area contributed by atoms with Gasteiger partial charge in [-0.15, -0.1) is 0 Å². The number of carbonyl (C=O) groups is 1. The molecular formula is C21H22FN3O2S. The number of nitrogens with zero attached hydrogens (tertiary/aromatic N) is 2. The minimum atomic E-state index is -0.404. The smallest absolute Gasteiger partial charge is 0.266 e. The Labute approximate surface area is 167 Å². The van der Waals surface area contributed by atoms with Crippen molar-refractivity contribution in [3.8, 4) is 5.69 Å². The molecule has 5 nitrogen and oxygen atoms in total. The number of amides is 1. The molecule has 2 aromatic carbocycles. The normalized spacial score (nSPS) is 11.6. The minimum Gasteiger partial charge on any atom is -0.351 e. The van der Waals surface area contributed by atoms with E-state index in [1.165, 1.54) is 10.6 Å². The van der Waals surface area contributed by atoms with Gasteiger partial charge in [-0.2, -0.15) is 0 Å². The first-order valence-corrected chi connectivity index (χ1v) is 9.86. The summed E-state index contributed by atoms with van der Waals surface area (Å²) in [5.41, 5.74) is 0.755. The van der Waals surface area contributed by atoms with Gasteiger partial charge in [0.25, 0.3) is 5.56 Å². The molecule has 3 aromatic rings. The van der Waals surface area contributed by atoms with Gasteiger partial charge < -0.3 is 5.32 Å². The summed E-state index contributed by atoms with van der Waals surface area (Å²) in [6.07, 6.45) is 0. The average molecular weight is 399 g/mol. The number of benzene rings is 2. The third-order valence-electron chi connectivity index (χ3n) is 4.01. The molecule has 0 spiro atoms. The number of para-hydroxylation sites is 1. The van der Waals surface area contributed by atoms with Crippen LogP contribution in [0.1, 0.15) is 26.3 Å². The second-order valence-corrected chi connectivity index (χ2v) is 8.51. The lowest BCUT2D eigenvalue weighted by Gasteiger charge is -2.20. The summed E-state index contributed by atoms with van der Waals surface area (Å²) in [6, 6.07) is 11.6. The predicted molar refractivity (Wildman–Crippen MR) is 111 cm³/mol. The van der Waals surface area contributed by atoms with E-state index in [0.717, 1.165) is 11.8 Å². The van der Waals surface area contributed by atoms with E-state index < -0.39 is 5.82 Å². The lowest BCUT2D eigenvalue weighted by molar-refractivity contribution is -0.119. The maximum absolute atomic E-state index is 14.1. The van der Waals surface area contributed by atoms with E-state index in [9.17, 15) is 14.0 Å². The van der Waals surface area contributed by atoms with Gasteiger partial charge in [-0.05, 0) is 57.5 Å². The average Bonchev–Trinajstić information content (AvgIpc) is 2.61. The van der Waals surface area contributed by atoms with Crippen molar-refractivity contribution in [1.82, 2.24) is 14.9 Å².